The molecule has 1 aliphatic heterocycles. The average molecular weight is 306 g/mol. The lowest BCUT2D eigenvalue weighted by molar-refractivity contribution is 0.0195. The van der Waals surface area contributed by atoms with E-state index in [-0.39, 0.29) is 12.1 Å². The van der Waals surface area contributed by atoms with E-state index < -0.39 is 5.60 Å². The van der Waals surface area contributed by atoms with Crippen molar-refractivity contribution in [3.63, 3.8) is 0 Å². The number of aryl methyl sites for hydroxylation is 1. The maximum absolute atomic E-state index is 12.2. The summed E-state index contributed by atoms with van der Waals surface area (Å²) in [7, 11) is 1.67. The second kappa shape index (κ2) is 6.57. The first-order valence-corrected chi connectivity index (χ1v) is 7.66. The summed E-state index contributed by atoms with van der Waals surface area (Å²) < 4.78 is 10.8. The number of methoxy groups -OCH3 is 1. The van der Waals surface area contributed by atoms with Crippen LogP contribution < -0.4 is 10.1 Å². The average Bonchev–Trinajstić information content (AvgIpc) is 2.46. The third kappa shape index (κ3) is 4.13. The lowest BCUT2D eigenvalue weighted by atomic mass is 10.0. The molecule has 0 radical (unpaired) electrons. The molecule has 0 bridgehead atoms. The smallest absolute Gasteiger partial charge is 0.410 e. The van der Waals surface area contributed by atoms with E-state index in [0.717, 1.165) is 23.4 Å². The van der Waals surface area contributed by atoms with Gasteiger partial charge in [0, 0.05) is 19.6 Å². The minimum absolute atomic E-state index is 0.0933. The lowest BCUT2D eigenvalue weighted by Gasteiger charge is -2.35. The summed E-state index contributed by atoms with van der Waals surface area (Å²) >= 11 is 0. The monoisotopic (exact) mass is 306 g/mol. The molecule has 22 heavy (non-hydrogen) atoms. The highest BCUT2D eigenvalue weighted by Gasteiger charge is 2.28. The van der Waals surface area contributed by atoms with Crippen molar-refractivity contribution in [1.82, 2.24) is 10.2 Å². The number of hydrogen-bond acceptors (Lipinski definition) is 4. The third-order valence-corrected chi connectivity index (χ3v) is 3.66. The molecule has 1 unspecified atom stereocenters. The Hall–Kier alpha value is -1.75. The van der Waals surface area contributed by atoms with E-state index in [1.807, 2.05) is 39.8 Å². The largest absolute Gasteiger partial charge is 0.496 e. The number of amides is 1. The Morgan fingerprint density at radius 3 is 2.73 bits per heavy atom. The minimum Gasteiger partial charge on any atom is -0.496 e. The van der Waals surface area contributed by atoms with Crippen molar-refractivity contribution in [2.24, 2.45) is 0 Å². The van der Waals surface area contributed by atoms with Gasteiger partial charge in [0.25, 0.3) is 0 Å². The maximum Gasteiger partial charge on any atom is 0.410 e. The van der Waals surface area contributed by atoms with Gasteiger partial charge in [0.1, 0.15) is 11.4 Å². The molecule has 1 aromatic rings. The summed E-state index contributed by atoms with van der Waals surface area (Å²) in [6, 6.07) is 6.25. The zero-order valence-electron chi connectivity index (χ0n) is 14.1. The second-order valence-corrected chi connectivity index (χ2v) is 6.66. The first-order chi connectivity index (χ1) is 10.3. The van der Waals surface area contributed by atoms with Gasteiger partial charge in [0.05, 0.1) is 13.2 Å². The van der Waals surface area contributed by atoms with Crippen molar-refractivity contribution in [3.8, 4) is 5.75 Å². The number of carbonyl (C=O) groups excluding carboxylic acids is 1. The fraction of sp³-hybridized carbons (Fsp3) is 0.588. The molecule has 1 fully saturated rings. The van der Waals surface area contributed by atoms with Crippen LogP contribution in [0.25, 0.3) is 0 Å². The number of benzene rings is 1. The molecule has 1 N–H and O–H groups in total. The van der Waals surface area contributed by atoms with Crippen molar-refractivity contribution in [1.29, 1.82) is 0 Å². The highest BCUT2D eigenvalue weighted by Crippen LogP contribution is 2.25. The molecule has 0 saturated carbocycles. The van der Waals surface area contributed by atoms with Crippen molar-refractivity contribution >= 4 is 6.09 Å². The second-order valence-electron chi connectivity index (χ2n) is 6.66. The van der Waals surface area contributed by atoms with Gasteiger partial charge in [-0.3, -0.25) is 0 Å². The van der Waals surface area contributed by atoms with E-state index in [0.29, 0.717) is 13.1 Å². The predicted octanol–water partition coefficient (Wildman–Crippen LogP) is 2.89. The van der Waals surface area contributed by atoms with Crippen LogP contribution in [0.4, 0.5) is 4.79 Å². The summed E-state index contributed by atoms with van der Waals surface area (Å²) in [6.07, 6.45) is -0.252. The Kier molecular flexibility index (Phi) is 4.96. The normalized spacial score (nSPS) is 19.0. The van der Waals surface area contributed by atoms with Crippen molar-refractivity contribution in [2.45, 2.75) is 39.3 Å². The van der Waals surface area contributed by atoms with E-state index in [4.69, 9.17) is 9.47 Å². The van der Waals surface area contributed by atoms with Crippen molar-refractivity contribution < 1.29 is 14.3 Å². The number of carbonyl (C=O) groups is 1. The van der Waals surface area contributed by atoms with Crippen LogP contribution in [-0.4, -0.2) is 43.3 Å². The van der Waals surface area contributed by atoms with Crippen LogP contribution in [0.5, 0.6) is 5.75 Å². The molecule has 1 atom stereocenters. The molecule has 5 nitrogen and oxygen atoms in total. The van der Waals surface area contributed by atoms with Gasteiger partial charge in [0.15, 0.2) is 0 Å². The first-order valence-electron chi connectivity index (χ1n) is 7.66. The van der Waals surface area contributed by atoms with Gasteiger partial charge in [-0.05, 0) is 44.9 Å². The van der Waals surface area contributed by atoms with Crippen LogP contribution in [-0.2, 0) is 4.74 Å². The molecule has 0 spiro atoms. The van der Waals surface area contributed by atoms with Gasteiger partial charge < -0.3 is 19.7 Å². The molecule has 2 rings (SSSR count). The van der Waals surface area contributed by atoms with Gasteiger partial charge in [-0.15, -0.1) is 0 Å². The van der Waals surface area contributed by atoms with Crippen LogP contribution in [0.2, 0.25) is 0 Å². The number of hydrogen-bond donors (Lipinski definition) is 1. The standard InChI is InChI=1S/C17H26N2O3/c1-12-6-7-13(10-15(12)21-5)14-11-19(9-8-18-14)16(20)22-17(2,3)4/h6-7,10,14,18H,8-9,11H2,1-5H3. The van der Waals surface area contributed by atoms with Gasteiger partial charge in [0.2, 0.25) is 0 Å². The molecule has 5 heteroatoms. The quantitative estimate of drug-likeness (QED) is 0.913. The van der Waals surface area contributed by atoms with E-state index in [2.05, 4.69) is 11.4 Å². The Morgan fingerprint density at radius 1 is 1.36 bits per heavy atom. The van der Waals surface area contributed by atoms with E-state index in [9.17, 15) is 4.79 Å². The molecule has 1 heterocycles. The van der Waals surface area contributed by atoms with Gasteiger partial charge >= 0.3 is 6.09 Å². The Morgan fingerprint density at radius 2 is 2.09 bits per heavy atom. The predicted molar refractivity (Wildman–Crippen MR) is 86.3 cm³/mol. The molecule has 1 amide bonds. The number of ether oxygens (including phenoxy) is 2. The highest BCUT2D eigenvalue weighted by molar-refractivity contribution is 5.68. The molecule has 1 aliphatic rings. The number of rotatable bonds is 2. The van der Waals surface area contributed by atoms with Crippen molar-refractivity contribution in [3.05, 3.63) is 29.3 Å². The fourth-order valence-corrected chi connectivity index (χ4v) is 2.52. The molecular weight excluding hydrogens is 280 g/mol. The van der Waals surface area contributed by atoms with Crippen LogP contribution in [0.1, 0.15) is 37.9 Å². The number of nitrogens with one attached hydrogen (secondary N) is 1. The fourth-order valence-electron chi connectivity index (χ4n) is 2.52. The van der Waals surface area contributed by atoms with Gasteiger partial charge in [-0.2, -0.15) is 0 Å². The number of nitrogens with zero attached hydrogens (tertiary/aromatic N) is 1. The topological polar surface area (TPSA) is 50.8 Å². The number of piperazine rings is 1. The maximum atomic E-state index is 12.2. The summed E-state index contributed by atoms with van der Waals surface area (Å²) in [4.78, 5) is 14.0. The SMILES string of the molecule is COc1cc(C2CN(C(=O)OC(C)(C)C)CCN2)ccc1C. The molecule has 0 aliphatic carbocycles. The van der Waals surface area contributed by atoms with Gasteiger partial charge in [-0.1, -0.05) is 12.1 Å². The van der Waals surface area contributed by atoms with Gasteiger partial charge in [-0.25, -0.2) is 4.79 Å². The van der Waals surface area contributed by atoms with Crippen LogP contribution in [0.3, 0.4) is 0 Å². The minimum atomic E-state index is -0.468. The summed E-state index contributed by atoms with van der Waals surface area (Å²) in [6.45, 7) is 9.68. The zero-order chi connectivity index (χ0) is 16.3. The van der Waals surface area contributed by atoms with Crippen molar-refractivity contribution in [2.75, 3.05) is 26.7 Å². The highest BCUT2D eigenvalue weighted by atomic mass is 16.6. The molecular formula is C17H26N2O3. The zero-order valence-corrected chi connectivity index (χ0v) is 14.1. The summed E-state index contributed by atoms with van der Waals surface area (Å²) in [5.74, 6) is 0.869. The van der Waals surface area contributed by atoms with E-state index in [1.165, 1.54) is 0 Å². The lowest BCUT2D eigenvalue weighted by Crippen LogP contribution is -2.49. The first kappa shape index (κ1) is 16.6. The van der Waals surface area contributed by atoms with E-state index >= 15 is 0 Å². The Balaban J connectivity index is 2.09. The van der Waals surface area contributed by atoms with E-state index in [1.54, 1.807) is 12.0 Å². The van der Waals surface area contributed by atoms with Crippen LogP contribution in [0.15, 0.2) is 18.2 Å². The Bertz CT molecular complexity index is 537. The van der Waals surface area contributed by atoms with Crippen LogP contribution >= 0.6 is 0 Å². The summed E-state index contributed by atoms with van der Waals surface area (Å²) in [5.41, 5.74) is 1.76. The molecule has 1 aromatic carbocycles. The third-order valence-electron chi connectivity index (χ3n) is 3.66. The molecule has 0 aromatic heterocycles. The van der Waals surface area contributed by atoms with Crippen LogP contribution in [0, 0.1) is 6.92 Å². The molecule has 1 saturated heterocycles. The summed E-state index contributed by atoms with van der Waals surface area (Å²) in [5, 5.41) is 3.45. The molecule has 122 valence electrons. The Labute approximate surface area is 132 Å².